The Labute approximate surface area is 74.2 Å². The quantitative estimate of drug-likeness (QED) is 0.534. The molecule has 0 atom stereocenters. The average Bonchev–Trinajstić information content (AvgIpc) is 1.83. The summed E-state index contributed by atoms with van der Waals surface area (Å²) in [6.45, 7) is 7.47. The molecule has 0 aromatic heterocycles. The molecule has 0 aromatic carbocycles. The second-order valence-corrected chi connectivity index (χ2v) is 5.27. The van der Waals surface area contributed by atoms with Gasteiger partial charge in [-0.3, -0.25) is 4.55 Å². The summed E-state index contributed by atoms with van der Waals surface area (Å²) in [6, 6.07) is 0. The van der Waals surface area contributed by atoms with E-state index < -0.39 is 10.1 Å². The summed E-state index contributed by atoms with van der Waals surface area (Å²) in [6.07, 6.45) is 2.96. The van der Waals surface area contributed by atoms with E-state index in [-0.39, 0.29) is 11.2 Å². The summed E-state index contributed by atoms with van der Waals surface area (Å²) >= 11 is 0. The first-order chi connectivity index (χ1) is 5.27. The van der Waals surface area contributed by atoms with Gasteiger partial charge in [0.15, 0.2) is 0 Å². The van der Waals surface area contributed by atoms with Gasteiger partial charge in [-0.2, -0.15) is 8.42 Å². The second-order valence-electron chi connectivity index (χ2n) is 3.69. The third-order valence-corrected chi connectivity index (χ3v) is 2.45. The predicted molar refractivity (Wildman–Crippen MR) is 49.6 cm³/mol. The third-order valence-electron chi connectivity index (χ3n) is 1.73. The van der Waals surface area contributed by atoms with Gasteiger partial charge >= 0.3 is 0 Å². The molecule has 0 aliphatic rings. The lowest BCUT2D eigenvalue weighted by molar-refractivity contribution is 0.351. The molecule has 1 N–H and O–H groups in total. The number of hydrogen-bond donors (Lipinski definition) is 1. The highest BCUT2D eigenvalue weighted by Gasteiger charge is 2.18. The molecule has 72 valence electrons. The minimum absolute atomic E-state index is 0.0997. The molecule has 0 saturated heterocycles. The summed E-state index contributed by atoms with van der Waals surface area (Å²) in [5.74, 6) is -0.173. The Bertz CT molecular complexity index is 239. The van der Waals surface area contributed by atoms with Crippen LogP contribution in [0.25, 0.3) is 0 Å². The van der Waals surface area contributed by atoms with E-state index in [1.54, 1.807) is 6.08 Å². The van der Waals surface area contributed by atoms with Gasteiger partial charge in [-0.05, 0) is 18.3 Å². The Hall–Kier alpha value is -0.350. The van der Waals surface area contributed by atoms with E-state index in [2.05, 4.69) is 6.58 Å². The highest BCUT2D eigenvalue weighted by atomic mass is 32.2. The van der Waals surface area contributed by atoms with Crippen molar-refractivity contribution in [1.82, 2.24) is 0 Å². The van der Waals surface area contributed by atoms with Crippen LogP contribution in [0.3, 0.4) is 0 Å². The SMILES string of the molecule is C=CCC(C)(C)CCS(=O)(=O)O. The van der Waals surface area contributed by atoms with E-state index >= 15 is 0 Å². The van der Waals surface area contributed by atoms with Crippen LogP contribution in [-0.4, -0.2) is 18.7 Å². The van der Waals surface area contributed by atoms with Crippen LogP contribution in [0.1, 0.15) is 26.7 Å². The van der Waals surface area contributed by atoms with Crippen molar-refractivity contribution < 1.29 is 13.0 Å². The first kappa shape index (κ1) is 11.6. The Morgan fingerprint density at radius 3 is 2.33 bits per heavy atom. The fourth-order valence-corrected chi connectivity index (χ4v) is 1.71. The molecule has 0 aliphatic heterocycles. The number of hydrogen-bond acceptors (Lipinski definition) is 2. The standard InChI is InChI=1S/C8H16O3S/c1-4-5-8(2,3)6-7-12(9,10)11/h4H,1,5-7H2,2-3H3,(H,9,10,11). The zero-order chi connectivity index (χ0) is 9.83. The molecule has 0 aliphatic carbocycles. The van der Waals surface area contributed by atoms with Crippen molar-refractivity contribution in [3.63, 3.8) is 0 Å². The Balaban J connectivity index is 4.00. The zero-order valence-corrected chi connectivity index (χ0v) is 8.39. The molecule has 0 rings (SSSR count). The molecule has 0 bridgehead atoms. The van der Waals surface area contributed by atoms with Crippen molar-refractivity contribution >= 4 is 10.1 Å². The maximum atomic E-state index is 10.4. The first-order valence-corrected chi connectivity index (χ1v) is 5.44. The topological polar surface area (TPSA) is 54.4 Å². The molecule has 12 heavy (non-hydrogen) atoms. The van der Waals surface area contributed by atoms with E-state index in [1.165, 1.54) is 0 Å². The normalized spacial score (nSPS) is 12.9. The van der Waals surface area contributed by atoms with E-state index in [0.717, 1.165) is 6.42 Å². The monoisotopic (exact) mass is 192 g/mol. The van der Waals surface area contributed by atoms with Crippen LogP contribution in [0.4, 0.5) is 0 Å². The van der Waals surface area contributed by atoms with Crippen molar-refractivity contribution in [1.29, 1.82) is 0 Å². The van der Waals surface area contributed by atoms with Gasteiger partial charge in [-0.15, -0.1) is 6.58 Å². The molecule has 0 unspecified atom stereocenters. The van der Waals surface area contributed by atoms with Crippen LogP contribution in [0.15, 0.2) is 12.7 Å². The Morgan fingerprint density at radius 1 is 1.50 bits per heavy atom. The minimum atomic E-state index is -3.81. The van der Waals surface area contributed by atoms with Crippen molar-refractivity contribution in [3.05, 3.63) is 12.7 Å². The minimum Gasteiger partial charge on any atom is -0.286 e. The van der Waals surface area contributed by atoms with Gasteiger partial charge in [0.25, 0.3) is 10.1 Å². The zero-order valence-electron chi connectivity index (χ0n) is 7.58. The van der Waals surface area contributed by atoms with Crippen LogP contribution in [0, 0.1) is 5.41 Å². The van der Waals surface area contributed by atoms with Crippen LogP contribution in [0.2, 0.25) is 0 Å². The molecule has 0 amide bonds. The smallest absolute Gasteiger partial charge is 0.264 e. The summed E-state index contributed by atoms with van der Waals surface area (Å²) in [4.78, 5) is 0. The van der Waals surface area contributed by atoms with Crippen LogP contribution in [-0.2, 0) is 10.1 Å². The molecule has 0 saturated carbocycles. The molecule has 0 radical (unpaired) electrons. The lowest BCUT2D eigenvalue weighted by Crippen LogP contribution is -2.16. The average molecular weight is 192 g/mol. The van der Waals surface area contributed by atoms with E-state index in [4.69, 9.17) is 4.55 Å². The van der Waals surface area contributed by atoms with Crippen molar-refractivity contribution in [3.8, 4) is 0 Å². The first-order valence-electron chi connectivity index (χ1n) is 3.83. The molecule has 0 heterocycles. The predicted octanol–water partition coefficient (Wildman–Crippen LogP) is 1.87. The third kappa shape index (κ3) is 6.37. The van der Waals surface area contributed by atoms with Crippen molar-refractivity contribution in [2.24, 2.45) is 5.41 Å². The highest BCUT2D eigenvalue weighted by molar-refractivity contribution is 7.85. The summed E-state index contributed by atoms with van der Waals surface area (Å²) < 4.78 is 29.3. The van der Waals surface area contributed by atoms with Crippen LogP contribution < -0.4 is 0 Å². The summed E-state index contributed by atoms with van der Waals surface area (Å²) in [5.41, 5.74) is -0.0997. The van der Waals surface area contributed by atoms with Gasteiger partial charge in [-0.1, -0.05) is 19.9 Å². The fraction of sp³-hybridized carbons (Fsp3) is 0.750. The van der Waals surface area contributed by atoms with Gasteiger partial charge in [0, 0.05) is 0 Å². The molecule has 0 spiro atoms. The van der Waals surface area contributed by atoms with Gasteiger partial charge in [0.05, 0.1) is 5.75 Å². The lowest BCUT2D eigenvalue weighted by Gasteiger charge is -2.21. The fourth-order valence-electron chi connectivity index (χ4n) is 0.898. The summed E-state index contributed by atoms with van der Waals surface area (Å²) in [7, 11) is -3.81. The maximum Gasteiger partial charge on any atom is 0.264 e. The van der Waals surface area contributed by atoms with Crippen molar-refractivity contribution in [2.45, 2.75) is 26.7 Å². The highest BCUT2D eigenvalue weighted by Crippen LogP contribution is 2.25. The second kappa shape index (κ2) is 4.05. The molecular formula is C8H16O3S. The number of rotatable bonds is 5. The lowest BCUT2D eigenvalue weighted by atomic mass is 9.87. The van der Waals surface area contributed by atoms with Crippen LogP contribution in [0.5, 0.6) is 0 Å². The van der Waals surface area contributed by atoms with Gasteiger partial charge in [-0.25, -0.2) is 0 Å². The van der Waals surface area contributed by atoms with Crippen LogP contribution >= 0.6 is 0 Å². The van der Waals surface area contributed by atoms with Gasteiger partial charge in [0.2, 0.25) is 0 Å². The largest absolute Gasteiger partial charge is 0.286 e. The van der Waals surface area contributed by atoms with E-state index in [0.29, 0.717) is 6.42 Å². The molecule has 0 fully saturated rings. The molecule has 3 nitrogen and oxygen atoms in total. The molecule has 4 heteroatoms. The van der Waals surface area contributed by atoms with E-state index in [1.807, 2.05) is 13.8 Å². The maximum absolute atomic E-state index is 10.4. The number of allylic oxidation sites excluding steroid dienone is 1. The molecule has 0 aromatic rings. The Kier molecular flexibility index (Phi) is 3.93. The van der Waals surface area contributed by atoms with E-state index in [9.17, 15) is 8.42 Å². The summed E-state index contributed by atoms with van der Waals surface area (Å²) in [5, 5.41) is 0. The molecular weight excluding hydrogens is 176 g/mol. The Morgan fingerprint density at radius 2 is 2.00 bits per heavy atom. The van der Waals surface area contributed by atoms with Gasteiger partial charge < -0.3 is 0 Å². The van der Waals surface area contributed by atoms with Crippen molar-refractivity contribution in [2.75, 3.05) is 5.75 Å². The van der Waals surface area contributed by atoms with Gasteiger partial charge in [0.1, 0.15) is 0 Å².